The summed E-state index contributed by atoms with van der Waals surface area (Å²) >= 11 is 0. The van der Waals surface area contributed by atoms with Crippen molar-refractivity contribution in [1.29, 1.82) is 0 Å². The number of imide groups is 2. The van der Waals surface area contributed by atoms with E-state index in [0.717, 1.165) is 44.1 Å². The highest BCUT2D eigenvalue weighted by molar-refractivity contribution is 6.07. The molecule has 2 heterocycles. The molecule has 4 amide bonds. The molecule has 7 heteroatoms. The summed E-state index contributed by atoms with van der Waals surface area (Å²) in [5, 5.41) is 0. The largest absolute Gasteiger partial charge is 0.274 e. The number of hydrogen-bond acceptors (Lipinski definition) is 5. The van der Waals surface area contributed by atoms with Gasteiger partial charge in [-0.1, -0.05) is 30.3 Å². The van der Waals surface area contributed by atoms with E-state index in [2.05, 4.69) is 0 Å². The highest BCUT2D eigenvalue weighted by Crippen LogP contribution is 2.57. The zero-order valence-electron chi connectivity index (χ0n) is 19.3. The van der Waals surface area contributed by atoms with Gasteiger partial charge in [-0.25, -0.2) is 0 Å². The van der Waals surface area contributed by atoms with Gasteiger partial charge >= 0.3 is 0 Å². The number of nitrogens with zero attached hydrogens (tertiary/aromatic N) is 3. The van der Waals surface area contributed by atoms with E-state index in [1.54, 1.807) is 0 Å². The summed E-state index contributed by atoms with van der Waals surface area (Å²) in [6.07, 6.45) is 6.22. The second kappa shape index (κ2) is 7.48. The Kier molecular flexibility index (Phi) is 4.57. The van der Waals surface area contributed by atoms with Crippen LogP contribution >= 0.6 is 0 Å². The first-order chi connectivity index (χ1) is 16.5. The third-order valence-corrected chi connectivity index (χ3v) is 9.97. The van der Waals surface area contributed by atoms with Crippen molar-refractivity contribution in [3.63, 3.8) is 0 Å². The minimum absolute atomic E-state index is 0.0470. The first-order valence-electron chi connectivity index (χ1n) is 13.0. The van der Waals surface area contributed by atoms with E-state index in [9.17, 15) is 19.2 Å². The van der Waals surface area contributed by atoms with E-state index < -0.39 is 0 Å². The fourth-order valence-corrected chi connectivity index (χ4v) is 8.61. The molecular weight excluding hydrogens is 430 g/mol. The molecule has 34 heavy (non-hydrogen) atoms. The maximum atomic E-state index is 13.3. The lowest BCUT2D eigenvalue weighted by molar-refractivity contribution is -0.146. The SMILES string of the molecule is O=C1[C@@H]2[C@@H]3CC[C@@H](C3)[C@@H]2C(=O)N1CN(Cc1ccccc1)CN1C(=O)[C@@H]2[C@H]3CC[C@@H](C3)[C@@H]2C1=O. The normalized spacial score (nSPS) is 39.8. The number of carbonyl (C=O) groups excluding carboxylic acids is 4. The fraction of sp³-hybridized carbons (Fsp3) is 0.630. The predicted molar refractivity (Wildman–Crippen MR) is 121 cm³/mol. The minimum Gasteiger partial charge on any atom is -0.274 e. The van der Waals surface area contributed by atoms with Crippen LogP contribution in [0.3, 0.4) is 0 Å². The van der Waals surface area contributed by atoms with Crippen molar-refractivity contribution in [1.82, 2.24) is 14.7 Å². The Morgan fingerprint density at radius 3 is 1.38 bits per heavy atom. The van der Waals surface area contributed by atoms with Gasteiger partial charge in [0.25, 0.3) is 0 Å². The highest BCUT2D eigenvalue weighted by atomic mass is 16.2. The van der Waals surface area contributed by atoms with Crippen LogP contribution in [0.15, 0.2) is 30.3 Å². The molecule has 1 aromatic rings. The molecule has 7 rings (SSSR count). The van der Waals surface area contributed by atoms with Crippen molar-refractivity contribution >= 4 is 23.6 Å². The van der Waals surface area contributed by atoms with Crippen molar-refractivity contribution in [3.8, 4) is 0 Å². The van der Waals surface area contributed by atoms with Gasteiger partial charge in [0.2, 0.25) is 23.6 Å². The van der Waals surface area contributed by atoms with E-state index in [4.69, 9.17) is 0 Å². The van der Waals surface area contributed by atoms with Gasteiger partial charge in [-0.15, -0.1) is 0 Å². The Labute approximate surface area is 199 Å². The zero-order chi connectivity index (χ0) is 23.1. The lowest BCUT2D eigenvalue weighted by Gasteiger charge is -2.31. The topological polar surface area (TPSA) is 78.0 Å². The zero-order valence-corrected chi connectivity index (χ0v) is 19.3. The summed E-state index contributed by atoms with van der Waals surface area (Å²) in [5.74, 6) is 0.555. The summed E-state index contributed by atoms with van der Waals surface area (Å²) in [5.41, 5.74) is 1.03. The standard InChI is InChI=1S/C27H31N3O4/c31-24-20-16-6-7-17(10-16)21(20)25(32)29(24)13-28(12-15-4-2-1-3-5-15)14-30-26(33)22-18-8-9-19(11-18)23(22)27(30)34/h1-5,16-23H,6-14H2/t16-,17-,18-,19+,20-,21+,22-,23+/m0/s1. The summed E-state index contributed by atoms with van der Waals surface area (Å²) in [6.45, 7) is 0.746. The van der Waals surface area contributed by atoms with Crippen LogP contribution in [0.1, 0.15) is 44.1 Å². The fourth-order valence-electron chi connectivity index (χ4n) is 8.61. The first-order valence-corrected chi connectivity index (χ1v) is 13.0. The van der Waals surface area contributed by atoms with Crippen molar-refractivity contribution in [2.75, 3.05) is 13.3 Å². The van der Waals surface area contributed by atoms with Gasteiger partial charge in [-0.2, -0.15) is 0 Å². The Balaban J connectivity index is 1.14. The van der Waals surface area contributed by atoms with Crippen LogP contribution in [0.4, 0.5) is 0 Å². The number of rotatable bonds is 6. The molecule has 2 saturated heterocycles. The number of benzene rings is 1. The summed E-state index contributed by atoms with van der Waals surface area (Å²) in [4.78, 5) is 58.1. The number of amides is 4. The summed E-state index contributed by atoms with van der Waals surface area (Å²) in [7, 11) is 0. The third-order valence-electron chi connectivity index (χ3n) is 9.97. The number of likely N-dealkylation sites (tertiary alicyclic amines) is 2. The third kappa shape index (κ3) is 2.85. The Morgan fingerprint density at radius 1 is 0.618 bits per heavy atom. The molecular formula is C27H31N3O4. The molecule has 7 nitrogen and oxygen atoms in total. The van der Waals surface area contributed by atoms with Crippen molar-refractivity contribution in [3.05, 3.63) is 35.9 Å². The summed E-state index contributed by atoms with van der Waals surface area (Å²) < 4.78 is 0. The maximum Gasteiger partial charge on any atom is 0.234 e. The average molecular weight is 462 g/mol. The Bertz CT molecular complexity index is 953. The van der Waals surface area contributed by atoms with Gasteiger partial charge in [0, 0.05) is 6.54 Å². The van der Waals surface area contributed by atoms with E-state index in [1.807, 2.05) is 35.2 Å². The average Bonchev–Trinajstić information content (AvgIpc) is 3.68. The van der Waals surface area contributed by atoms with Gasteiger partial charge in [0.1, 0.15) is 0 Å². The van der Waals surface area contributed by atoms with E-state index in [-0.39, 0.29) is 60.6 Å². The van der Waals surface area contributed by atoms with Crippen LogP contribution < -0.4 is 0 Å². The summed E-state index contributed by atoms with van der Waals surface area (Å²) in [6, 6.07) is 9.85. The van der Waals surface area contributed by atoms with Gasteiger partial charge < -0.3 is 0 Å². The quantitative estimate of drug-likeness (QED) is 0.609. The second-order valence-corrected chi connectivity index (χ2v) is 11.6. The number of fused-ring (bicyclic) bond motifs is 10. The Morgan fingerprint density at radius 2 is 1.00 bits per heavy atom. The molecule has 178 valence electrons. The molecule has 0 radical (unpaired) electrons. The van der Waals surface area contributed by atoms with E-state index >= 15 is 0 Å². The van der Waals surface area contributed by atoms with Crippen molar-refractivity contribution in [2.24, 2.45) is 47.3 Å². The molecule has 0 aromatic heterocycles. The van der Waals surface area contributed by atoms with Crippen LogP contribution in [0.2, 0.25) is 0 Å². The van der Waals surface area contributed by atoms with Crippen LogP contribution in [-0.4, -0.2) is 51.7 Å². The van der Waals surface area contributed by atoms with Gasteiger partial charge in [-0.3, -0.25) is 33.9 Å². The Hall–Kier alpha value is -2.54. The van der Waals surface area contributed by atoms with Gasteiger partial charge in [-0.05, 0) is 67.8 Å². The van der Waals surface area contributed by atoms with Crippen LogP contribution in [0, 0.1) is 47.3 Å². The molecule has 4 bridgehead atoms. The molecule has 6 fully saturated rings. The van der Waals surface area contributed by atoms with E-state index in [1.165, 1.54) is 9.80 Å². The molecule has 4 saturated carbocycles. The van der Waals surface area contributed by atoms with E-state index in [0.29, 0.717) is 30.2 Å². The molecule has 0 unspecified atom stereocenters. The molecule has 8 atom stereocenters. The second-order valence-electron chi connectivity index (χ2n) is 11.6. The van der Waals surface area contributed by atoms with Crippen LogP contribution in [0.5, 0.6) is 0 Å². The first kappa shape index (κ1) is 20.8. The lowest BCUT2D eigenvalue weighted by Crippen LogP contribution is -2.48. The van der Waals surface area contributed by atoms with Crippen LogP contribution in [-0.2, 0) is 25.7 Å². The van der Waals surface area contributed by atoms with Crippen molar-refractivity contribution < 1.29 is 19.2 Å². The number of carbonyl (C=O) groups is 4. The van der Waals surface area contributed by atoms with Gasteiger partial charge in [0.05, 0.1) is 37.0 Å². The highest BCUT2D eigenvalue weighted by Gasteiger charge is 2.62. The molecule has 1 aromatic carbocycles. The van der Waals surface area contributed by atoms with Crippen molar-refractivity contribution in [2.45, 2.75) is 45.1 Å². The molecule has 4 aliphatic carbocycles. The van der Waals surface area contributed by atoms with Crippen LogP contribution in [0.25, 0.3) is 0 Å². The molecule has 0 N–H and O–H groups in total. The van der Waals surface area contributed by atoms with Gasteiger partial charge in [0.15, 0.2) is 0 Å². The molecule has 0 spiro atoms. The predicted octanol–water partition coefficient (Wildman–Crippen LogP) is 2.47. The lowest BCUT2D eigenvalue weighted by atomic mass is 9.81. The molecule has 6 aliphatic rings. The molecule has 2 aliphatic heterocycles. The minimum atomic E-state index is -0.158. The smallest absolute Gasteiger partial charge is 0.234 e. The monoisotopic (exact) mass is 461 g/mol. The maximum absolute atomic E-state index is 13.3. The number of hydrogen-bond donors (Lipinski definition) is 0.